The molecule has 0 aromatic carbocycles. The van der Waals surface area contributed by atoms with Gasteiger partial charge in [0.2, 0.25) is 5.95 Å². The Morgan fingerprint density at radius 3 is 1.19 bits per heavy atom. The van der Waals surface area contributed by atoms with Crippen LogP contribution in [0.2, 0.25) is 0 Å². The molecule has 12 rings (SSSR count). The van der Waals surface area contributed by atoms with E-state index in [9.17, 15) is 19.2 Å². The third-order valence-electron chi connectivity index (χ3n) is 14.8. The number of anilines is 2. The van der Waals surface area contributed by atoms with Crippen molar-refractivity contribution >= 4 is 56.4 Å². The summed E-state index contributed by atoms with van der Waals surface area (Å²) in [7, 11) is 7.29. The Kier molecular flexibility index (Phi) is 27.6. The topological polar surface area (TPSA) is 306 Å². The minimum atomic E-state index is -0.530. The highest BCUT2D eigenvalue weighted by molar-refractivity contribution is 5.82. The maximum Gasteiger partial charge on any atom is 0.327 e. The summed E-state index contributed by atoms with van der Waals surface area (Å²) in [6.45, 7) is 16.0. The van der Waals surface area contributed by atoms with Gasteiger partial charge < -0.3 is 34.7 Å². The second-order valence-electron chi connectivity index (χ2n) is 20.5. The molecule has 4 fully saturated rings. The molecule has 0 aliphatic heterocycles. The molecule has 8 aromatic rings. The number of hydrogen-bond donors (Lipinski definition) is 6. The monoisotopic (exact) mass is 1170 g/mol. The molecule has 8 N–H and O–H groups in total. The minimum Gasteiger partial charge on any atom is -0.382 e. The molecule has 0 amide bonds. The summed E-state index contributed by atoms with van der Waals surface area (Å²) in [6, 6.07) is 0. The number of nitrogens with two attached hydrogens (primary N) is 2. The normalized spacial score (nSPS) is 14.9. The van der Waals surface area contributed by atoms with Gasteiger partial charge in [0, 0.05) is 51.9 Å². The summed E-state index contributed by atoms with van der Waals surface area (Å²) in [4.78, 5) is 89.7. The van der Waals surface area contributed by atoms with E-state index in [0.29, 0.717) is 80.8 Å². The lowest BCUT2D eigenvalue weighted by molar-refractivity contribution is 0.430. The molecule has 4 aliphatic rings. The summed E-state index contributed by atoms with van der Waals surface area (Å²) in [5.74, 6) is 30.3. The predicted molar refractivity (Wildman–Crippen MR) is 345 cm³/mol. The van der Waals surface area contributed by atoms with Gasteiger partial charge in [-0.2, -0.15) is 4.98 Å². The fourth-order valence-electron chi connectivity index (χ4n) is 10.3. The molecule has 0 unspecified atom stereocenters. The summed E-state index contributed by atoms with van der Waals surface area (Å²) in [5, 5.41) is 0. The van der Waals surface area contributed by atoms with E-state index in [-0.39, 0.29) is 28.1 Å². The molecular formula is C64H90N18O4. The fourth-order valence-corrected chi connectivity index (χ4v) is 10.3. The lowest BCUT2D eigenvalue weighted by Crippen LogP contribution is -2.22. The average molecular weight is 1180 g/mol. The van der Waals surface area contributed by atoms with Crippen LogP contribution in [-0.4, -0.2) is 78.1 Å². The number of aryl methyl sites for hydroxylation is 4. The second kappa shape index (κ2) is 34.9. The fraction of sp³-hybridized carbons (Fsp3) is 0.562. The molecule has 4 saturated carbocycles. The van der Waals surface area contributed by atoms with Crippen molar-refractivity contribution in [3.05, 3.63) is 77.5 Å². The predicted octanol–water partition coefficient (Wildman–Crippen LogP) is 9.62. The maximum atomic E-state index is 11.8. The first kappa shape index (κ1) is 68.0. The van der Waals surface area contributed by atoms with Crippen LogP contribution in [0.4, 0.5) is 11.8 Å². The number of nitrogens with one attached hydrogen (secondary N) is 4. The van der Waals surface area contributed by atoms with E-state index in [1.807, 2.05) is 74.1 Å². The first-order chi connectivity index (χ1) is 41.8. The van der Waals surface area contributed by atoms with Gasteiger partial charge in [-0.3, -0.25) is 29.3 Å². The number of imidazole rings is 4. The summed E-state index contributed by atoms with van der Waals surface area (Å²) in [6.07, 6.45) is 27.5. The minimum absolute atomic E-state index is 0.0947. The van der Waals surface area contributed by atoms with E-state index < -0.39 is 11.2 Å². The number of rotatable bonds is 0. The molecule has 22 heteroatoms. The van der Waals surface area contributed by atoms with E-state index in [4.69, 9.17) is 11.5 Å². The number of aromatic nitrogens is 16. The van der Waals surface area contributed by atoms with Gasteiger partial charge in [0.15, 0.2) is 68.1 Å². The summed E-state index contributed by atoms with van der Waals surface area (Å²) < 4.78 is 7.03. The number of nitrogen functional groups attached to an aromatic ring is 2. The molecule has 8 aromatic heterocycles. The SMILES string of the molecule is CC.CC.CC.CC.Cn1c(C#CC2CCCCC2)nc2c(=O)[nH]c(=O)[nH]c21.Cn1c(C#CC2CCCCC2)nc2c(=O)[nH]c(N)nc21.Cn1c(C#CC2CCCCC2)nc2c(=O)[nH]cnc21.Cn1c(C#CC2CCCCC2)nc2c(N)ncnc21. The zero-order valence-electron chi connectivity index (χ0n) is 52.8. The highest BCUT2D eigenvalue weighted by Crippen LogP contribution is 2.26. The van der Waals surface area contributed by atoms with Crippen LogP contribution in [0.5, 0.6) is 0 Å². The van der Waals surface area contributed by atoms with Gasteiger partial charge in [-0.25, -0.2) is 39.7 Å². The third kappa shape index (κ3) is 18.1. The molecule has 0 spiro atoms. The summed E-state index contributed by atoms with van der Waals surface area (Å²) >= 11 is 0. The largest absolute Gasteiger partial charge is 0.382 e. The van der Waals surface area contributed by atoms with Crippen LogP contribution in [0.3, 0.4) is 0 Å². The Morgan fingerprint density at radius 2 is 0.767 bits per heavy atom. The molecule has 4 aliphatic carbocycles. The standard InChI is InChI=1S/C14H17N5O.C14H17N5.C14H16N4O2.C14H16N4O.4C2H6/c1-19-10(8-7-9-5-3-2-4-6-9)16-11-12(19)17-14(15)18-13(11)20;1-19-11(8-7-10-5-3-2-4-6-10)18-12-13(15)16-9-17-14(12)19;1-18-10(8-7-9-5-3-2-4-6-9)15-11-12(18)16-14(20)17-13(11)19;1-18-11(8-7-10-5-3-2-4-6-10)17-12-13(18)15-9-16-14(12)19;4*1-2/h9H,2-6H2,1H3,(H3,15,17,18,20);9-10H,2-6H2,1H3,(H2,15,16,17);9H,2-6H2,1H3,(H2,16,17,19,20);9-10H,2-6H2,1H3,(H,15,16,19);4*1-2H3. The highest BCUT2D eigenvalue weighted by atomic mass is 16.2. The molecule has 86 heavy (non-hydrogen) atoms. The van der Waals surface area contributed by atoms with E-state index in [1.54, 1.807) is 27.8 Å². The second-order valence-corrected chi connectivity index (χ2v) is 20.5. The van der Waals surface area contributed by atoms with E-state index >= 15 is 0 Å². The van der Waals surface area contributed by atoms with Crippen molar-refractivity contribution in [1.82, 2.24) is 78.1 Å². The third-order valence-corrected chi connectivity index (χ3v) is 14.8. The van der Waals surface area contributed by atoms with Crippen LogP contribution in [0.15, 0.2) is 31.8 Å². The lowest BCUT2D eigenvalue weighted by Gasteiger charge is -2.15. The zero-order chi connectivity index (χ0) is 62.7. The Bertz CT molecular complexity index is 3970. The van der Waals surface area contributed by atoms with Crippen molar-refractivity contribution in [3.63, 3.8) is 0 Å². The van der Waals surface area contributed by atoms with Crippen molar-refractivity contribution in [1.29, 1.82) is 0 Å². The maximum absolute atomic E-state index is 11.8. The Labute approximate surface area is 504 Å². The van der Waals surface area contributed by atoms with E-state index in [2.05, 4.69) is 107 Å². The highest BCUT2D eigenvalue weighted by Gasteiger charge is 2.18. The number of hydrogen-bond acceptors (Lipinski definition) is 14. The number of aromatic amines is 4. The van der Waals surface area contributed by atoms with Crippen molar-refractivity contribution in [2.75, 3.05) is 11.5 Å². The smallest absolute Gasteiger partial charge is 0.327 e. The van der Waals surface area contributed by atoms with Crippen molar-refractivity contribution in [2.24, 2.45) is 51.9 Å². The Hall–Kier alpha value is -8.76. The lowest BCUT2D eigenvalue weighted by atomic mass is 9.90. The average Bonchev–Trinajstić information content (AvgIpc) is 3.61. The van der Waals surface area contributed by atoms with Crippen LogP contribution >= 0.6 is 0 Å². The zero-order valence-corrected chi connectivity index (χ0v) is 52.8. The van der Waals surface area contributed by atoms with Gasteiger partial charge in [0.05, 0.1) is 6.33 Å². The Balaban J connectivity index is 0.000000201. The first-order valence-corrected chi connectivity index (χ1v) is 31.1. The molecule has 460 valence electrons. The molecule has 0 bridgehead atoms. The van der Waals surface area contributed by atoms with Crippen molar-refractivity contribution in [3.8, 4) is 47.4 Å². The summed E-state index contributed by atoms with van der Waals surface area (Å²) in [5.41, 5.74) is 13.5. The molecule has 0 saturated heterocycles. The van der Waals surface area contributed by atoms with Crippen LogP contribution < -0.4 is 33.8 Å². The van der Waals surface area contributed by atoms with Gasteiger partial charge in [-0.05, 0) is 75.0 Å². The van der Waals surface area contributed by atoms with Crippen molar-refractivity contribution in [2.45, 2.75) is 184 Å². The van der Waals surface area contributed by atoms with E-state index in [1.165, 1.54) is 115 Å². The first-order valence-electron chi connectivity index (χ1n) is 31.1. The molecular weight excluding hydrogens is 1080 g/mol. The number of nitrogens with zero attached hydrogens (tertiary/aromatic N) is 12. The van der Waals surface area contributed by atoms with Gasteiger partial charge in [0.1, 0.15) is 12.0 Å². The van der Waals surface area contributed by atoms with Crippen LogP contribution in [-0.2, 0) is 28.2 Å². The van der Waals surface area contributed by atoms with Gasteiger partial charge in [0.25, 0.3) is 16.7 Å². The van der Waals surface area contributed by atoms with E-state index in [0.717, 1.165) is 31.3 Å². The van der Waals surface area contributed by atoms with Gasteiger partial charge in [-0.1, -0.05) is 156 Å². The Morgan fingerprint density at radius 1 is 0.407 bits per heavy atom. The molecule has 0 radical (unpaired) electrons. The number of H-pyrrole nitrogens is 4. The quantitative estimate of drug-likeness (QED) is 0.0771. The number of fused-ring (bicyclic) bond motifs is 4. The van der Waals surface area contributed by atoms with Crippen LogP contribution in [0, 0.1) is 71.0 Å². The van der Waals surface area contributed by atoms with Crippen LogP contribution in [0.25, 0.3) is 44.7 Å². The van der Waals surface area contributed by atoms with Gasteiger partial charge >= 0.3 is 5.69 Å². The molecule has 8 heterocycles. The molecule has 22 nitrogen and oxygen atoms in total. The van der Waals surface area contributed by atoms with Gasteiger partial charge in [-0.15, -0.1) is 0 Å². The van der Waals surface area contributed by atoms with Crippen molar-refractivity contribution < 1.29 is 0 Å². The molecule has 0 atom stereocenters. The van der Waals surface area contributed by atoms with Crippen LogP contribution in [0.1, 0.15) is 207 Å².